The molecule has 0 bridgehead atoms. The van der Waals surface area contributed by atoms with Crippen molar-refractivity contribution in [2.24, 2.45) is 0 Å². The number of benzene rings is 1. The number of aromatic nitrogens is 2. The molecule has 0 spiro atoms. The maximum absolute atomic E-state index is 13.1. The van der Waals surface area contributed by atoms with Crippen LogP contribution in [0.15, 0.2) is 18.2 Å². The number of fused-ring (bicyclic) bond motifs is 1. The zero-order valence-corrected chi connectivity index (χ0v) is 9.79. The minimum atomic E-state index is -0.286. The predicted molar refractivity (Wildman–Crippen MR) is 63.7 cm³/mol. The molecular formula is C12H16FN3. The third-order valence-corrected chi connectivity index (χ3v) is 3.11. The first kappa shape index (κ1) is 10.9. The van der Waals surface area contributed by atoms with E-state index in [1.165, 1.54) is 12.1 Å². The molecule has 2 aromatic rings. The fourth-order valence-corrected chi connectivity index (χ4v) is 1.87. The van der Waals surface area contributed by atoms with Gasteiger partial charge in [-0.15, -0.1) is 0 Å². The molecule has 0 saturated heterocycles. The standard InChI is InChI=1S/C12H16FN3/c1-4-12(2,3)16-10-6-5-8(13)7-9(10)15-11(16)14/h5-7H,4H2,1-3H3,(H2,14,15). The third-order valence-electron chi connectivity index (χ3n) is 3.11. The highest BCUT2D eigenvalue weighted by Gasteiger charge is 2.23. The fraction of sp³-hybridized carbons (Fsp3) is 0.417. The average Bonchev–Trinajstić information content (AvgIpc) is 2.53. The topological polar surface area (TPSA) is 43.8 Å². The van der Waals surface area contributed by atoms with Crippen molar-refractivity contribution < 1.29 is 4.39 Å². The summed E-state index contributed by atoms with van der Waals surface area (Å²) in [6.07, 6.45) is 0.931. The molecule has 1 aromatic heterocycles. The lowest BCUT2D eigenvalue weighted by Gasteiger charge is -2.26. The van der Waals surface area contributed by atoms with Crippen LogP contribution < -0.4 is 5.73 Å². The van der Waals surface area contributed by atoms with Gasteiger partial charge in [-0.1, -0.05) is 6.92 Å². The number of halogens is 1. The lowest BCUT2D eigenvalue weighted by Crippen LogP contribution is -2.26. The molecule has 2 rings (SSSR count). The van der Waals surface area contributed by atoms with Crippen LogP contribution >= 0.6 is 0 Å². The SMILES string of the molecule is CCC(C)(C)n1c(N)nc2cc(F)ccc21. The Bertz CT molecular complexity index is 528. The summed E-state index contributed by atoms with van der Waals surface area (Å²) in [5.41, 5.74) is 7.27. The van der Waals surface area contributed by atoms with Gasteiger partial charge in [0.15, 0.2) is 0 Å². The number of nitrogen functional groups attached to an aromatic ring is 1. The molecule has 16 heavy (non-hydrogen) atoms. The summed E-state index contributed by atoms with van der Waals surface area (Å²) >= 11 is 0. The molecule has 1 heterocycles. The second-order valence-electron chi connectivity index (χ2n) is 4.60. The van der Waals surface area contributed by atoms with E-state index in [0.717, 1.165) is 11.9 Å². The zero-order valence-electron chi connectivity index (χ0n) is 9.79. The van der Waals surface area contributed by atoms with Crippen LogP contribution in [0.25, 0.3) is 11.0 Å². The van der Waals surface area contributed by atoms with Crippen LogP contribution in [-0.4, -0.2) is 9.55 Å². The van der Waals surface area contributed by atoms with Gasteiger partial charge in [-0.25, -0.2) is 9.37 Å². The zero-order chi connectivity index (χ0) is 11.9. The Hall–Kier alpha value is -1.58. The van der Waals surface area contributed by atoms with E-state index in [1.807, 2.05) is 4.57 Å². The lowest BCUT2D eigenvalue weighted by molar-refractivity contribution is 0.357. The molecule has 0 radical (unpaired) electrons. The molecule has 2 N–H and O–H groups in total. The number of nitrogens with two attached hydrogens (primary N) is 1. The summed E-state index contributed by atoms with van der Waals surface area (Å²) in [6, 6.07) is 4.57. The Balaban J connectivity index is 2.74. The lowest BCUT2D eigenvalue weighted by atomic mass is 10.0. The molecule has 0 aliphatic rings. The predicted octanol–water partition coefficient (Wildman–Crippen LogP) is 2.90. The van der Waals surface area contributed by atoms with Crippen molar-refractivity contribution in [3.63, 3.8) is 0 Å². The average molecular weight is 221 g/mol. The van der Waals surface area contributed by atoms with Crippen LogP contribution in [0.3, 0.4) is 0 Å². The Labute approximate surface area is 94.1 Å². The number of hydrogen-bond acceptors (Lipinski definition) is 2. The molecule has 0 unspecified atom stereocenters. The van der Waals surface area contributed by atoms with Crippen molar-refractivity contribution in [2.75, 3.05) is 5.73 Å². The maximum atomic E-state index is 13.1. The van der Waals surface area contributed by atoms with Crippen molar-refractivity contribution in [2.45, 2.75) is 32.7 Å². The number of hydrogen-bond donors (Lipinski definition) is 1. The maximum Gasteiger partial charge on any atom is 0.201 e. The summed E-state index contributed by atoms with van der Waals surface area (Å²) in [5.74, 6) is 0.152. The molecule has 0 amide bonds. The molecule has 0 saturated carbocycles. The van der Waals surface area contributed by atoms with E-state index in [0.29, 0.717) is 11.5 Å². The van der Waals surface area contributed by atoms with Crippen molar-refractivity contribution in [1.29, 1.82) is 0 Å². The second kappa shape index (κ2) is 3.47. The van der Waals surface area contributed by atoms with Crippen LogP contribution in [0.2, 0.25) is 0 Å². The van der Waals surface area contributed by atoms with Crippen molar-refractivity contribution in [3.8, 4) is 0 Å². The molecule has 1 aromatic carbocycles. The van der Waals surface area contributed by atoms with Crippen molar-refractivity contribution in [3.05, 3.63) is 24.0 Å². The van der Waals surface area contributed by atoms with Gasteiger partial charge in [0.1, 0.15) is 5.82 Å². The quantitative estimate of drug-likeness (QED) is 0.847. The summed E-state index contributed by atoms with van der Waals surface area (Å²) in [6.45, 7) is 6.27. The van der Waals surface area contributed by atoms with Crippen LogP contribution in [0.4, 0.5) is 10.3 Å². The number of anilines is 1. The van der Waals surface area contributed by atoms with Gasteiger partial charge >= 0.3 is 0 Å². The molecule has 0 fully saturated rings. The van der Waals surface area contributed by atoms with Gasteiger partial charge in [0, 0.05) is 11.6 Å². The minimum absolute atomic E-state index is 0.114. The normalized spacial score (nSPS) is 12.2. The highest BCUT2D eigenvalue weighted by molar-refractivity contribution is 5.78. The van der Waals surface area contributed by atoms with Crippen LogP contribution in [0, 0.1) is 5.82 Å². The Morgan fingerprint density at radius 2 is 2.12 bits per heavy atom. The summed E-state index contributed by atoms with van der Waals surface area (Å²) in [5, 5.41) is 0. The molecule has 3 nitrogen and oxygen atoms in total. The van der Waals surface area contributed by atoms with E-state index >= 15 is 0 Å². The Morgan fingerprint density at radius 3 is 2.75 bits per heavy atom. The molecule has 0 atom stereocenters. The van der Waals surface area contributed by atoms with Crippen molar-refractivity contribution in [1.82, 2.24) is 9.55 Å². The summed E-state index contributed by atoms with van der Waals surface area (Å²) in [4.78, 5) is 4.19. The highest BCUT2D eigenvalue weighted by atomic mass is 19.1. The van der Waals surface area contributed by atoms with Gasteiger partial charge in [0.2, 0.25) is 5.95 Å². The van der Waals surface area contributed by atoms with E-state index in [9.17, 15) is 4.39 Å². The van der Waals surface area contributed by atoms with E-state index < -0.39 is 0 Å². The first-order valence-corrected chi connectivity index (χ1v) is 5.39. The number of nitrogens with zero attached hydrogens (tertiary/aromatic N) is 2. The monoisotopic (exact) mass is 221 g/mol. The first-order valence-electron chi connectivity index (χ1n) is 5.39. The van der Waals surface area contributed by atoms with Gasteiger partial charge in [0.05, 0.1) is 11.0 Å². The molecule has 0 aliphatic carbocycles. The van der Waals surface area contributed by atoms with Crippen LogP contribution in [0.5, 0.6) is 0 Å². The van der Waals surface area contributed by atoms with E-state index in [4.69, 9.17) is 5.73 Å². The number of rotatable bonds is 2. The van der Waals surface area contributed by atoms with E-state index in [2.05, 4.69) is 25.8 Å². The van der Waals surface area contributed by atoms with Gasteiger partial charge in [-0.05, 0) is 32.4 Å². The van der Waals surface area contributed by atoms with E-state index in [-0.39, 0.29) is 11.4 Å². The smallest absolute Gasteiger partial charge is 0.201 e. The van der Waals surface area contributed by atoms with Gasteiger partial charge in [-0.3, -0.25) is 0 Å². The Morgan fingerprint density at radius 1 is 1.44 bits per heavy atom. The fourth-order valence-electron chi connectivity index (χ4n) is 1.87. The molecule has 86 valence electrons. The highest BCUT2D eigenvalue weighted by Crippen LogP contribution is 2.29. The van der Waals surface area contributed by atoms with E-state index in [1.54, 1.807) is 6.07 Å². The second-order valence-corrected chi connectivity index (χ2v) is 4.60. The summed E-state index contributed by atoms with van der Waals surface area (Å²) < 4.78 is 15.0. The summed E-state index contributed by atoms with van der Waals surface area (Å²) in [7, 11) is 0. The Kier molecular flexibility index (Phi) is 2.37. The van der Waals surface area contributed by atoms with Crippen LogP contribution in [0.1, 0.15) is 27.2 Å². The molecule has 4 heteroatoms. The number of imidazole rings is 1. The van der Waals surface area contributed by atoms with Crippen molar-refractivity contribution >= 4 is 17.0 Å². The van der Waals surface area contributed by atoms with Gasteiger partial charge in [-0.2, -0.15) is 0 Å². The van der Waals surface area contributed by atoms with Crippen LogP contribution in [-0.2, 0) is 5.54 Å². The largest absolute Gasteiger partial charge is 0.369 e. The molecule has 0 aliphatic heterocycles. The third kappa shape index (κ3) is 1.54. The van der Waals surface area contributed by atoms with Gasteiger partial charge in [0.25, 0.3) is 0 Å². The first-order chi connectivity index (χ1) is 7.45. The minimum Gasteiger partial charge on any atom is -0.369 e. The van der Waals surface area contributed by atoms with Gasteiger partial charge < -0.3 is 10.3 Å². The molecular weight excluding hydrogens is 205 g/mol.